The summed E-state index contributed by atoms with van der Waals surface area (Å²) in [5.74, 6) is -0.395. The third-order valence-electron chi connectivity index (χ3n) is 2.28. The Labute approximate surface area is 95.2 Å². The van der Waals surface area contributed by atoms with Crippen molar-refractivity contribution in [3.05, 3.63) is 0 Å². The zero-order valence-corrected chi connectivity index (χ0v) is 10.3. The van der Waals surface area contributed by atoms with Gasteiger partial charge in [-0.15, -0.1) is 0 Å². The number of amides is 2. The highest BCUT2D eigenvalue weighted by atomic mass is 32.1. The van der Waals surface area contributed by atoms with Crippen LogP contribution in [0.2, 0.25) is 0 Å². The Kier molecular flexibility index (Phi) is 3.44. The van der Waals surface area contributed by atoms with Crippen molar-refractivity contribution in [3.8, 4) is 0 Å². The van der Waals surface area contributed by atoms with E-state index in [1.807, 2.05) is 27.7 Å². The van der Waals surface area contributed by atoms with E-state index in [0.29, 0.717) is 5.11 Å². The first kappa shape index (κ1) is 12.1. The van der Waals surface area contributed by atoms with Crippen molar-refractivity contribution >= 4 is 29.1 Å². The van der Waals surface area contributed by atoms with Crippen LogP contribution in [0.4, 0.5) is 0 Å². The molecule has 0 aromatic rings. The number of hydrogen-bond donors (Lipinski definition) is 0. The number of carbonyl (C=O) groups is 2. The highest BCUT2D eigenvalue weighted by Gasteiger charge is 2.37. The van der Waals surface area contributed by atoms with E-state index >= 15 is 0 Å². The van der Waals surface area contributed by atoms with Gasteiger partial charge in [0.15, 0.2) is 5.11 Å². The van der Waals surface area contributed by atoms with Crippen molar-refractivity contribution in [1.82, 2.24) is 9.80 Å². The molecule has 0 atom stereocenters. The van der Waals surface area contributed by atoms with Gasteiger partial charge in [-0.05, 0) is 39.9 Å². The summed E-state index contributed by atoms with van der Waals surface area (Å²) in [6.07, 6.45) is -0.0729. The van der Waals surface area contributed by atoms with Crippen molar-refractivity contribution in [2.24, 2.45) is 0 Å². The van der Waals surface area contributed by atoms with Crippen LogP contribution in [-0.4, -0.2) is 38.8 Å². The van der Waals surface area contributed by atoms with Gasteiger partial charge in [-0.3, -0.25) is 19.4 Å². The van der Waals surface area contributed by atoms with E-state index in [1.165, 1.54) is 9.80 Å². The maximum absolute atomic E-state index is 11.6. The lowest BCUT2D eigenvalue weighted by atomic mass is 10.2. The Balaban J connectivity index is 3.00. The number of thiocarbonyl (C=S) groups is 1. The predicted molar refractivity (Wildman–Crippen MR) is 61.2 cm³/mol. The van der Waals surface area contributed by atoms with Crippen molar-refractivity contribution in [1.29, 1.82) is 0 Å². The lowest BCUT2D eigenvalue weighted by Crippen LogP contribution is -2.58. The smallest absolute Gasteiger partial charge is 0.238 e. The molecule has 15 heavy (non-hydrogen) atoms. The predicted octanol–water partition coefficient (Wildman–Crippen LogP) is 1.15. The van der Waals surface area contributed by atoms with Crippen LogP contribution >= 0.6 is 12.2 Å². The minimum Gasteiger partial charge on any atom is -0.286 e. The topological polar surface area (TPSA) is 40.6 Å². The van der Waals surface area contributed by atoms with Crippen molar-refractivity contribution in [2.45, 2.75) is 46.2 Å². The fourth-order valence-electron chi connectivity index (χ4n) is 1.65. The molecule has 0 aliphatic carbocycles. The molecule has 84 valence electrons. The number of carbonyl (C=O) groups excluding carboxylic acids is 2. The molecule has 0 unspecified atom stereocenters. The standard InChI is InChI=1S/C10H16N2O2S/c1-6(2)11-8(13)5-9(14)12(7(3)4)10(11)15/h6-7H,5H2,1-4H3. The summed E-state index contributed by atoms with van der Waals surface area (Å²) < 4.78 is 0. The average Bonchev–Trinajstić information content (AvgIpc) is 1.99. The Morgan fingerprint density at radius 2 is 1.33 bits per heavy atom. The van der Waals surface area contributed by atoms with Crippen LogP contribution in [0, 0.1) is 0 Å². The maximum atomic E-state index is 11.6. The van der Waals surface area contributed by atoms with Gasteiger partial charge in [-0.2, -0.15) is 0 Å². The fraction of sp³-hybridized carbons (Fsp3) is 0.700. The molecule has 0 N–H and O–H groups in total. The second-order valence-electron chi connectivity index (χ2n) is 4.17. The Morgan fingerprint density at radius 3 is 1.60 bits per heavy atom. The van der Waals surface area contributed by atoms with Gasteiger partial charge < -0.3 is 0 Å². The normalized spacial score (nSPS) is 18.4. The second-order valence-corrected chi connectivity index (χ2v) is 4.54. The second kappa shape index (κ2) is 4.26. The molecule has 2 amide bonds. The minimum absolute atomic E-state index is 0.000602. The van der Waals surface area contributed by atoms with E-state index in [1.54, 1.807) is 0 Å². The molecular formula is C10H16N2O2S. The van der Waals surface area contributed by atoms with E-state index in [9.17, 15) is 9.59 Å². The zero-order valence-electron chi connectivity index (χ0n) is 9.48. The summed E-state index contributed by atoms with van der Waals surface area (Å²) >= 11 is 5.17. The monoisotopic (exact) mass is 228 g/mol. The third-order valence-corrected chi connectivity index (χ3v) is 2.68. The first-order valence-corrected chi connectivity index (χ1v) is 5.45. The van der Waals surface area contributed by atoms with Gasteiger partial charge in [-0.1, -0.05) is 0 Å². The van der Waals surface area contributed by atoms with Gasteiger partial charge in [0, 0.05) is 12.1 Å². The van der Waals surface area contributed by atoms with Gasteiger partial charge in [-0.25, -0.2) is 0 Å². The lowest BCUT2D eigenvalue weighted by Gasteiger charge is -2.39. The van der Waals surface area contributed by atoms with Crippen molar-refractivity contribution < 1.29 is 9.59 Å². The van der Waals surface area contributed by atoms with Crippen LogP contribution in [-0.2, 0) is 9.59 Å². The highest BCUT2D eigenvalue weighted by molar-refractivity contribution is 7.80. The van der Waals surface area contributed by atoms with Crippen LogP contribution in [0.3, 0.4) is 0 Å². The van der Waals surface area contributed by atoms with Crippen LogP contribution in [0.15, 0.2) is 0 Å². The zero-order chi connectivity index (χ0) is 11.7. The average molecular weight is 228 g/mol. The summed E-state index contributed by atoms with van der Waals surface area (Å²) in [4.78, 5) is 26.3. The molecule has 1 rings (SSSR count). The largest absolute Gasteiger partial charge is 0.286 e. The quantitative estimate of drug-likeness (QED) is 0.526. The lowest BCUT2D eigenvalue weighted by molar-refractivity contribution is -0.142. The molecular weight excluding hydrogens is 212 g/mol. The van der Waals surface area contributed by atoms with Gasteiger partial charge >= 0.3 is 0 Å². The molecule has 1 aliphatic heterocycles. The van der Waals surface area contributed by atoms with E-state index in [0.717, 1.165) is 0 Å². The number of hydrogen-bond acceptors (Lipinski definition) is 3. The molecule has 0 aromatic heterocycles. The molecule has 5 heteroatoms. The van der Waals surface area contributed by atoms with Gasteiger partial charge in [0.2, 0.25) is 11.8 Å². The molecule has 0 bridgehead atoms. The molecule has 4 nitrogen and oxygen atoms in total. The Bertz CT molecular complexity index is 285. The van der Waals surface area contributed by atoms with Crippen molar-refractivity contribution in [3.63, 3.8) is 0 Å². The van der Waals surface area contributed by atoms with Crippen LogP contribution in [0.25, 0.3) is 0 Å². The molecule has 0 spiro atoms. The van der Waals surface area contributed by atoms with Crippen molar-refractivity contribution in [2.75, 3.05) is 0 Å². The summed E-state index contributed by atoms with van der Waals surface area (Å²) in [6.45, 7) is 7.55. The number of nitrogens with zero attached hydrogens (tertiary/aromatic N) is 2. The summed E-state index contributed by atoms with van der Waals surface area (Å²) in [7, 11) is 0. The third kappa shape index (κ3) is 2.17. The molecule has 1 heterocycles. The Hall–Kier alpha value is -0.970. The van der Waals surface area contributed by atoms with E-state index in [-0.39, 0.29) is 30.3 Å². The summed E-state index contributed by atoms with van der Waals surface area (Å²) in [6, 6.07) is -0.00120. The Morgan fingerprint density at radius 1 is 1.00 bits per heavy atom. The molecule has 1 aliphatic rings. The van der Waals surface area contributed by atoms with E-state index in [2.05, 4.69) is 0 Å². The van der Waals surface area contributed by atoms with Gasteiger partial charge in [0.25, 0.3) is 0 Å². The molecule has 0 radical (unpaired) electrons. The van der Waals surface area contributed by atoms with Crippen LogP contribution in [0.5, 0.6) is 0 Å². The molecule has 0 saturated carbocycles. The molecule has 1 saturated heterocycles. The molecule has 1 fully saturated rings. The van der Waals surface area contributed by atoms with Crippen LogP contribution < -0.4 is 0 Å². The SMILES string of the molecule is CC(C)N1C(=O)CC(=O)N(C(C)C)C1=S. The first-order valence-electron chi connectivity index (χ1n) is 5.04. The summed E-state index contributed by atoms with van der Waals surface area (Å²) in [5.41, 5.74) is 0. The van der Waals surface area contributed by atoms with Gasteiger partial charge in [0.05, 0.1) is 0 Å². The van der Waals surface area contributed by atoms with E-state index in [4.69, 9.17) is 12.2 Å². The van der Waals surface area contributed by atoms with Gasteiger partial charge in [0.1, 0.15) is 6.42 Å². The van der Waals surface area contributed by atoms with E-state index < -0.39 is 0 Å². The molecule has 0 aromatic carbocycles. The van der Waals surface area contributed by atoms with Crippen LogP contribution in [0.1, 0.15) is 34.1 Å². The summed E-state index contributed by atoms with van der Waals surface area (Å²) in [5, 5.41) is 0.334. The fourth-order valence-corrected chi connectivity index (χ4v) is 2.27. The highest BCUT2D eigenvalue weighted by Crippen LogP contribution is 2.17. The number of rotatable bonds is 2. The maximum Gasteiger partial charge on any atom is 0.238 e. The minimum atomic E-state index is -0.197. The first-order chi connectivity index (χ1) is 6.86.